The molecule has 116 valence electrons. The van der Waals surface area contributed by atoms with Crippen LogP contribution in [0, 0.1) is 11.6 Å². The number of hydrogen-bond acceptors (Lipinski definition) is 3. The maximum Gasteiger partial charge on any atom is 0.274 e. The molecule has 1 amide bonds. The van der Waals surface area contributed by atoms with Gasteiger partial charge >= 0.3 is 0 Å². The van der Waals surface area contributed by atoms with Crippen LogP contribution in [-0.2, 0) is 7.05 Å². The number of β-amino-alcohol motifs (C(OH)–C–C–N with tert-alkyl or cyclic N) is 1. The lowest BCUT2D eigenvalue weighted by Gasteiger charge is -2.24. The van der Waals surface area contributed by atoms with Gasteiger partial charge in [-0.25, -0.2) is 13.8 Å². The van der Waals surface area contributed by atoms with Crippen molar-refractivity contribution in [1.29, 1.82) is 0 Å². The molecule has 1 aromatic heterocycles. The first-order chi connectivity index (χ1) is 10.5. The van der Waals surface area contributed by atoms with E-state index >= 15 is 0 Å². The van der Waals surface area contributed by atoms with E-state index in [0.717, 1.165) is 18.2 Å². The van der Waals surface area contributed by atoms with Gasteiger partial charge < -0.3 is 14.6 Å². The third-order valence-corrected chi connectivity index (χ3v) is 3.78. The van der Waals surface area contributed by atoms with E-state index in [1.165, 1.54) is 11.2 Å². The van der Waals surface area contributed by atoms with E-state index in [9.17, 15) is 18.7 Å². The summed E-state index contributed by atoms with van der Waals surface area (Å²) >= 11 is 0. The van der Waals surface area contributed by atoms with Crippen molar-refractivity contribution in [1.82, 2.24) is 14.5 Å². The number of hydrogen-bond donors (Lipinski definition) is 1. The van der Waals surface area contributed by atoms with Crippen LogP contribution in [0.3, 0.4) is 0 Å². The van der Waals surface area contributed by atoms with Crippen LogP contribution in [0.4, 0.5) is 8.78 Å². The lowest BCUT2D eigenvalue weighted by atomic mass is 10.0. The number of rotatable bonds is 2. The number of aromatic nitrogens is 2. The summed E-state index contributed by atoms with van der Waals surface area (Å²) in [5.74, 6) is -1.59. The Bertz CT molecular complexity index is 717. The van der Waals surface area contributed by atoms with Gasteiger partial charge in [-0.05, 0) is 24.6 Å². The topological polar surface area (TPSA) is 58.4 Å². The predicted octanol–water partition coefficient (Wildman–Crippen LogP) is 1.65. The highest BCUT2D eigenvalue weighted by atomic mass is 19.1. The smallest absolute Gasteiger partial charge is 0.274 e. The highest BCUT2D eigenvalue weighted by Gasteiger charge is 2.37. The third kappa shape index (κ3) is 2.59. The number of carbonyl (C=O) groups is 1. The minimum atomic E-state index is -0.777. The summed E-state index contributed by atoms with van der Waals surface area (Å²) in [6, 6.07) is 2.41. The predicted molar refractivity (Wildman–Crippen MR) is 74.0 cm³/mol. The Hall–Kier alpha value is -2.28. The number of amides is 1. The molecule has 0 saturated carbocycles. The van der Waals surface area contributed by atoms with E-state index in [1.54, 1.807) is 17.8 Å². The second-order valence-corrected chi connectivity index (χ2v) is 5.45. The number of benzene rings is 1. The van der Waals surface area contributed by atoms with Crippen LogP contribution in [0.2, 0.25) is 0 Å². The molecule has 22 heavy (non-hydrogen) atoms. The summed E-state index contributed by atoms with van der Waals surface area (Å²) in [6.45, 7) is 0.0655. The fourth-order valence-electron chi connectivity index (χ4n) is 2.77. The maximum atomic E-state index is 14.0. The molecule has 1 aliphatic rings. The number of nitrogens with zero attached hydrogens (tertiary/aromatic N) is 3. The van der Waals surface area contributed by atoms with Crippen molar-refractivity contribution in [3.63, 3.8) is 0 Å². The van der Waals surface area contributed by atoms with Gasteiger partial charge in [0, 0.05) is 25.4 Å². The number of likely N-dealkylation sites (tertiary alicyclic amines) is 1. The van der Waals surface area contributed by atoms with Crippen molar-refractivity contribution < 1.29 is 18.7 Å². The zero-order valence-electron chi connectivity index (χ0n) is 11.9. The molecule has 3 rings (SSSR count). The molecule has 2 unspecified atom stereocenters. The fourth-order valence-corrected chi connectivity index (χ4v) is 2.77. The van der Waals surface area contributed by atoms with E-state index in [4.69, 9.17) is 0 Å². The standard InChI is InChI=1S/C15H15F2N3O2/c1-19-7-13(18-8-19)15(22)20-6-10(21)5-14(20)11-4-9(16)2-3-12(11)17/h2-4,7-8,10,14,21H,5-6H2,1H3. The average molecular weight is 307 g/mol. The normalized spacial score (nSPS) is 21.4. The Morgan fingerprint density at radius 1 is 1.41 bits per heavy atom. The van der Waals surface area contributed by atoms with Gasteiger partial charge in [0.2, 0.25) is 0 Å². The van der Waals surface area contributed by atoms with Gasteiger partial charge in [-0.3, -0.25) is 4.79 Å². The molecule has 5 nitrogen and oxygen atoms in total. The second-order valence-electron chi connectivity index (χ2n) is 5.45. The Morgan fingerprint density at radius 3 is 2.86 bits per heavy atom. The first kappa shape index (κ1) is 14.6. The van der Waals surface area contributed by atoms with E-state index < -0.39 is 29.7 Å². The van der Waals surface area contributed by atoms with Gasteiger partial charge in [-0.15, -0.1) is 0 Å². The molecule has 2 aromatic rings. The molecule has 2 heterocycles. The molecule has 0 bridgehead atoms. The number of halogens is 2. The summed E-state index contributed by atoms with van der Waals surface area (Å²) < 4.78 is 29.0. The third-order valence-electron chi connectivity index (χ3n) is 3.78. The number of imidazole rings is 1. The molecule has 1 aromatic carbocycles. The molecule has 1 aliphatic heterocycles. The molecule has 1 saturated heterocycles. The molecule has 2 atom stereocenters. The molecule has 0 spiro atoms. The SMILES string of the molecule is Cn1cnc(C(=O)N2CC(O)CC2c2cc(F)ccc2F)c1. The number of aliphatic hydroxyl groups is 1. The van der Waals surface area contributed by atoms with E-state index in [0.29, 0.717) is 0 Å². The molecule has 0 aliphatic carbocycles. The largest absolute Gasteiger partial charge is 0.391 e. The van der Waals surface area contributed by atoms with Crippen LogP contribution in [0.15, 0.2) is 30.7 Å². The molecule has 1 fully saturated rings. The summed E-state index contributed by atoms with van der Waals surface area (Å²) in [4.78, 5) is 17.8. The summed E-state index contributed by atoms with van der Waals surface area (Å²) in [7, 11) is 1.73. The number of aliphatic hydroxyl groups excluding tert-OH is 1. The highest BCUT2D eigenvalue weighted by molar-refractivity contribution is 5.92. The minimum Gasteiger partial charge on any atom is -0.391 e. The quantitative estimate of drug-likeness (QED) is 0.918. The zero-order valence-corrected chi connectivity index (χ0v) is 11.9. The Labute approximate surface area is 125 Å². The number of aryl methyl sites for hydroxylation is 1. The lowest BCUT2D eigenvalue weighted by Crippen LogP contribution is -2.32. The van der Waals surface area contributed by atoms with Crippen molar-refractivity contribution in [2.45, 2.75) is 18.6 Å². The molecule has 1 N–H and O–H groups in total. The van der Waals surface area contributed by atoms with Gasteiger partial charge in [0.05, 0.1) is 18.5 Å². The Kier molecular flexibility index (Phi) is 3.66. The van der Waals surface area contributed by atoms with Crippen molar-refractivity contribution in [2.75, 3.05) is 6.54 Å². The summed E-state index contributed by atoms with van der Waals surface area (Å²) in [5.41, 5.74) is 0.277. The molecule has 7 heteroatoms. The lowest BCUT2D eigenvalue weighted by molar-refractivity contribution is 0.0708. The summed E-state index contributed by atoms with van der Waals surface area (Å²) in [5, 5.41) is 9.86. The van der Waals surface area contributed by atoms with Crippen LogP contribution in [0.1, 0.15) is 28.5 Å². The molecular weight excluding hydrogens is 292 g/mol. The van der Waals surface area contributed by atoms with E-state index in [1.807, 2.05) is 0 Å². The van der Waals surface area contributed by atoms with Gasteiger partial charge in [0.15, 0.2) is 0 Å². The van der Waals surface area contributed by atoms with Gasteiger partial charge in [-0.1, -0.05) is 0 Å². The second kappa shape index (κ2) is 5.49. The monoisotopic (exact) mass is 307 g/mol. The van der Waals surface area contributed by atoms with Crippen molar-refractivity contribution >= 4 is 5.91 Å². The molecule has 0 radical (unpaired) electrons. The van der Waals surface area contributed by atoms with Crippen LogP contribution in [0.5, 0.6) is 0 Å². The Balaban J connectivity index is 1.95. The first-order valence-corrected chi connectivity index (χ1v) is 6.87. The highest BCUT2D eigenvalue weighted by Crippen LogP contribution is 2.34. The van der Waals surface area contributed by atoms with Crippen molar-refractivity contribution in [3.8, 4) is 0 Å². The van der Waals surface area contributed by atoms with Crippen LogP contribution in [-0.4, -0.2) is 38.1 Å². The van der Waals surface area contributed by atoms with Crippen LogP contribution in [0.25, 0.3) is 0 Å². The average Bonchev–Trinajstić information content (AvgIpc) is 3.07. The summed E-state index contributed by atoms with van der Waals surface area (Å²) in [6.07, 6.45) is 2.42. The van der Waals surface area contributed by atoms with Gasteiger partial charge in [-0.2, -0.15) is 0 Å². The van der Waals surface area contributed by atoms with E-state index in [2.05, 4.69) is 4.98 Å². The first-order valence-electron chi connectivity index (χ1n) is 6.87. The number of carbonyl (C=O) groups excluding carboxylic acids is 1. The minimum absolute atomic E-state index is 0.0655. The van der Waals surface area contributed by atoms with Gasteiger partial charge in [0.1, 0.15) is 17.3 Å². The van der Waals surface area contributed by atoms with Crippen molar-refractivity contribution in [3.05, 3.63) is 53.6 Å². The molecular formula is C15H15F2N3O2. The van der Waals surface area contributed by atoms with E-state index in [-0.39, 0.29) is 24.2 Å². The zero-order chi connectivity index (χ0) is 15.9. The van der Waals surface area contributed by atoms with Crippen LogP contribution >= 0.6 is 0 Å². The van der Waals surface area contributed by atoms with Gasteiger partial charge in [0.25, 0.3) is 5.91 Å². The fraction of sp³-hybridized carbons (Fsp3) is 0.333. The Morgan fingerprint density at radius 2 is 2.18 bits per heavy atom. The maximum absolute atomic E-state index is 14.0. The van der Waals surface area contributed by atoms with Crippen LogP contribution < -0.4 is 0 Å². The van der Waals surface area contributed by atoms with Crippen molar-refractivity contribution in [2.24, 2.45) is 7.05 Å².